The number of aromatic nitrogens is 1. The van der Waals surface area contributed by atoms with Crippen molar-refractivity contribution >= 4 is 39.5 Å². The molecule has 2 aromatic rings. The lowest BCUT2D eigenvalue weighted by Crippen LogP contribution is -2.19. The van der Waals surface area contributed by atoms with Gasteiger partial charge in [-0.05, 0) is 24.4 Å². The third-order valence-corrected chi connectivity index (χ3v) is 3.49. The van der Waals surface area contributed by atoms with Crippen molar-refractivity contribution in [3.05, 3.63) is 41.4 Å². The zero-order valence-corrected chi connectivity index (χ0v) is 12.9. The van der Waals surface area contributed by atoms with Crippen LogP contribution in [0.1, 0.15) is 26.5 Å². The molecule has 1 aromatic heterocycles. The number of hydrogen-bond acceptors (Lipinski definition) is 3. The Morgan fingerprint density at radius 1 is 1.16 bits per heavy atom. The van der Waals surface area contributed by atoms with Crippen LogP contribution in [0.25, 0.3) is 0 Å². The fraction of sp³-hybridized carbons (Fsp3) is 0.286. The average Bonchev–Trinajstić information content (AvgIpc) is 2.78. The summed E-state index contributed by atoms with van der Waals surface area (Å²) in [4.78, 5) is 4.54. The van der Waals surface area contributed by atoms with Crippen LogP contribution in [0.15, 0.2) is 35.7 Å². The number of para-hydroxylation sites is 1. The van der Waals surface area contributed by atoms with Crippen LogP contribution in [0.2, 0.25) is 0 Å². The number of hydrogen-bond donors (Lipinski definition) is 2. The molecule has 100 valence electrons. The lowest BCUT2D eigenvalue weighted by molar-refractivity contribution is 0.573. The van der Waals surface area contributed by atoms with E-state index in [2.05, 4.69) is 41.8 Å². The molecule has 2 N–H and O–H groups in total. The van der Waals surface area contributed by atoms with Crippen LogP contribution in [0, 0.1) is 0 Å². The third-order valence-electron chi connectivity index (χ3n) is 2.52. The highest BCUT2D eigenvalue weighted by Gasteiger charge is 2.17. The zero-order chi connectivity index (χ0) is 13.9. The fourth-order valence-corrected chi connectivity index (χ4v) is 2.68. The summed E-state index contributed by atoms with van der Waals surface area (Å²) in [5.74, 6) is 0. The van der Waals surface area contributed by atoms with Crippen LogP contribution in [-0.2, 0) is 5.41 Å². The van der Waals surface area contributed by atoms with Crippen LogP contribution in [-0.4, -0.2) is 10.1 Å². The van der Waals surface area contributed by atoms with Gasteiger partial charge in [-0.1, -0.05) is 39.0 Å². The van der Waals surface area contributed by atoms with E-state index in [9.17, 15) is 0 Å². The molecule has 5 heteroatoms. The summed E-state index contributed by atoms with van der Waals surface area (Å²) in [6, 6.07) is 9.84. The van der Waals surface area contributed by atoms with Gasteiger partial charge in [-0.25, -0.2) is 4.98 Å². The molecule has 3 nitrogen and oxygen atoms in total. The average molecular weight is 291 g/mol. The molecule has 2 rings (SSSR count). The second kappa shape index (κ2) is 5.67. The van der Waals surface area contributed by atoms with Gasteiger partial charge in [0.25, 0.3) is 0 Å². The van der Waals surface area contributed by atoms with E-state index >= 15 is 0 Å². The molecule has 0 aliphatic heterocycles. The number of rotatable bonds is 2. The van der Waals surface area contributed by atoms with Crippen molar-refractivity contribution in [3.8, 4) is 0 Å². The molecule has 0 spiro atoms. The molecule has 0 amide bonds. The summed E-state index contributed by atoms with van der Waals surface area (Å²) >= 11 is 6.83. The summed E-state index contributed by atoms with van der Waals surface area (Å²) in [6.45, 7) is 6.44. The van der Waals surface area contributed by atoms with E-state index in [0.717, 1.165) is 16.5 Å². The molecule has 19 heavy (non-hydrogen) atoms. The summed E-state index contributed by atoms with van der Waals surface area (Å²) in [5, 5.41) is 9.67. The van der Waals surface area contributed by atoms with Crippen molar-refractivity contribution in [1.29, 1.82) is 0 Å². The Labute approximate surface area is 123 Å². The number of anilines is 2. The second-order valence-electron chi connectivity index (χ2n) is 5.23. The van der Waals surface area contributed by atoms with Crippen LogP contribution >= 0.6 is 23.6 Å². The quantitative estimate of drug-likeness (QED) is 0.811. The smallest absolute Gasteiger partial charge is 0.189 e. The molecular formula is C14H17N3S2. The molecule has 1 heterocycles. The lowest BCUT2D eigenvalue weighted by atomic mass is 9.93. The maximum absolute atomic E-state index is 5.27. The third kappa shape index (κ3) is 4.01. The molecule has 0 radical (unpaired) electrons. The van der Waals surface area contributed by atoms with Crippen molar-refractivity contribution in [2.24, 2.45) is 0 Å². The van der Waals surface area contributed by atoms with Gasteiger partial charge >= 0.3 is 0 Å². The van der Waals surface area contributed by atoms with Crippen molar-refractivity contribution in [3.63, 3.8) is 0 Å². The molecule has 0 bridgehead atoms. The van der Waals surface area contributed by atoms with E-state index in [1.54, 1.807) is 11.3 Å². The Bertz CT molecular complexity index is 556. The minimum atomic E-state index is 0.0604. The molecule has 0 atom stereocenters. The predicted octanol–water partition coefficient (Wildman–Crippen LogP) is 4.25. The van der Waals surface area contributed by atoms with Gasteiger partial charge in [0.1, 0.15) is 0 Å². The van der Waals surface area contributed by atoms with Crippen LogP contribution in [0.4, 0.5) is 10.8 Å². The normalized spacial score (nSPS) is 11.1. The SMILES string of the molecule is CC(C)(C)c1csc(NC(=S)Nc2ccccc2)n1. The van der Waals surface area contributed by atoms with Crippen LogP contribution in [0.5, 0.6) is 0 Å². The van der Waals surface area contributed by atoms with Crippen molar-refractivity contribution < 1.29 is 0 Å². The van der Waals surface area contributed by atoms with Crippen molar-refractivity contribution in [2.75, 3.05) is 10.6 Å². The first-order valence-electron chi connectivity index (χ1n) is 6.04. The number of benzene rings is 1. The van der Waals surface area contributed by atoms with Crippen molar-refractivity contribution in [2.45, 2.75) is 26.2 Å². The zero-order valence-electron chi connectivity index (χ0n) is 11.2. The molecular weight excluding hydrogens is 274 g/mol. The van der Waals surface area contributed by atoms with E-state index < -0.39 is 0 Å². The monoisotopic (exact) mass is 291 g/mol. The summed E-state index contributed by atoms with van der Waals surface area (Å²) in [7, 11) is 0. The van der Waals surface area contributed by atoms with Gasteiger partial charge in [0.05, 0.1) is 5.69 Å². The molecule has 1 aromatic carbocycles. The van der Waals surface area contributed by atoms with Crippen LogP contribution < -0.4 is 10.6 Å². The summed E-state index contributed by atoms with van der Waals surface area (Å²) in [5.41, 5.74) is 2.10. The Hall–Kier alpha value is -1.46. The molecule has 0 saturated carbocycles. The topological polar surface area (TPSA) is 37.0 Å². The van der Waals surface area contributed by atoms with E-state index in [1.807, 2.05) is 30.3 Å². The summed E-state index contributed by atoms with van der Waals surface area (Å²) in [6.07, 6.45) is 0. The first-order chi connectivity index (χ1) is 8.95. The van der Waals surface area contributed by atoms with Gasteiger partial charge in [-0.2, -0.15) is 0 Å². The predicted molar refractivity (Wildman–Crippen MR) is 87.1 cm³/mol. The maximum Gasteiger partial charge on any atom is 0.189 e. The largest absolute Gasteiger partial charge is 0.332 e. The lowest BCUT2D eigenvalue weighted by Gasteiger charge is -2.14. The van der Waals surface area contributed by atoms with Gasteiger partial charge in [-0.15, -0.1) is 11.3 Å². The minimum absolute atomic E-state index is 0.0604. The molecule has 0 fully saturated rings. The Kier molecular flexibility index (Phi) is 4.17. The first kappa shape index (κ1) is 14.0. The second-order valence-corrected chi connectivity index (χ2v) is 6.50. The highest BCUT2D eigenvalue weighted by atomic mass is 32.1. The van der Waals surface area contributed by atoms with E-state index in [1.165, 1.54) is 0 Å². The molecule has 0 aliphatic carbocycles. The standard InChI is InChI=1S/C14H17N3S2/c1-14(2,3)11-9-19-13(16-11)17-12(18)15-10-7-5-4-6-8-10/h4-9H,1-3H3,(H2,15,16,17,18). The Balaban J connectivity index is 1.98. The van der Waals surface area contributed by atoms with Gasteiger partial charge in [-0.3, -0.25) is 0 Å². The Morgan fingerprint density at radius 2 is 1.84 bits per heavy atom. The van der Waals surface area contributed by atoms with Gasteiger partial charge in [0.15, 0.2) is 10.2 Å². The minimum Gasteiger partial charge on any atom is -0.332 e. The molecule has 0 unspecified atom stereocenters. The fourth-order valence-electron chi connectivity index (χ4n) is 1.46. The van der Waals surface area contributed by atoms with E-state index in [4.69, 9.17) is 12.2 Å². The maximum atomic E-state index is 5.27. The number of thiazole rings is 1. The molecule has 0 aliphatic rings. The summed E-state index contributed by atoms with van der Waals surface area (Å²) < 4.78 is 0. The van der Waals surface area contributed by atoms with E-state index in [0.29, 0.717) is 5.11 Å². The highest BCUT2D eigenvalue weighted by Crippen LogP contribution is 2.26. The van der Waals surface area contributed by atoms with Gasteiger partial charge < -0.3 is 10.6 Å². The number of nitrogens with zero attached hydrogens (tertiary/aromatic N) is 1. The van der Waals surface area contributed by atoms with Crippen molar-refractivity contribution in [1.82, 2.24) is 4.98 Å². The number of nitrogens with one attached hydrogen (secondary N) is 2. The molecule has 0 saturated heterocycles. The Morgan fingerprint density at radius 3 is 2.42 bits per heavy atom. The van der Waals surface area contributed by atoms with E-state index in [-0.39, 0.29) is 5.41 Å². The first-order valence-corrected chi connectivity index (χ1v) is 7.33. The van der Waals surface area contributed by atoms with Crippen LogP contribution in [0.3, 0.4) is 0 Å². The van der Waals surface area contributed by atoms with Gasteiger partial charge in [0, 0.05) is 16.5 Å². The van der Waals surface area contributed by atoms with Gasteiger partial charge in [0.2, 0.25) is 0 Å². The number of thiocarbonyl (C=S) groups is 1. The highest BCUT2D eigenvalue weighted by molar-refractivity contribution is 7.80.